The Morgan fingerprint density at radius 2 is 2.00 bits per heavy atom. The van der Waals surface area contributed by atoms with Crippen LogP contribution in [0.15, 0.2) is 53.9 Å². The van der Waals surface area contributed by atoms with E-state index in [9.17, 15) is 9.90 Å². The number of aliphatic hydroxyl groups is 1. The molecule has 4 heteroatoms. The molecule has 0 aliphatic carbocycles. The van der Waals surface area contributed by atoms with Crippen molar-refractivity contribution in [2.45, 2.75) is 13.2 Å². The maximum atomic E-state index is 11.4. The number of ketones is 1. The van der Waals surface area contributed by atoms with Gasteiger partial charge < -0.3 is 15.7 Å². The zero-order chi connectivity index (χ0) is 12.4. The van der Waals surface area contributed by atoms with E-state index in [0.717, 1.165) is 5.69 Å². The fourth-order valence-corrected chi connectivity index (χ4v) is 1.68. The highest BCUT2D eigenvalue weighted by Crippen LogP contribution is 2.23. The summed E-state index contributed by atoms with van der Waals surface area (Å²) in [4.78, 5) is 12.9. The Hall–Kier alpha value is -2.07. The Morgan fingerprint density at radius 1 is 1.35 bits per heavy atom. The van der Waals surface area contributed by atoms with Gasteiger partial charge in [-0.15, -0.1) is 0 Å². The molecule has 0 spiro atoms. The topological polar surface area (TPSA) is 66.6 Å². The second kappa shape index (κ2) is 4.43. The lowest BCUT2D eigenvalue weighted by atomic mass is 10.1. The first kappa shape index (κ1) is 11.4. The van der Waals surface area contributed by atoms with Crippen LogP contribution in [0.4, 0.5) is 5.69 Å². The average molecular weight is 230 g/mol. The quantitative estimate of drug-likeness (QED) is 0.799. The summed E-state index contributed by atoms with van der Waals surface area (Å²) in [5.41, 5.74) is 7.25. The molecule has 1 atom stereocenters. The normalized spacial score (nSPS) is 19.6. The molecule has 0 fully saturated rings. The van der Waals surface area contributed by atoms with Gasteiger partial charge in [0.2, 0.25) is 0 Å². The van der Waals surface area contributed by atoms with E-state index in [1.807, 2.05) is 30.3 Å². The third-order valence-electron chi connectivity index (χ3n) is 2.62. The molecule has 88 valence electrons. The maximum Gasteiger partial charge on any atom is 0.171 e. The van der Waals surface area contributed by atoms with Gasteiger partial charge in [0.05, 0.1) is 5.70 Å². The van der Waals surface area contributed by atoms with Crippen molar-refractivity contribution >= 4 is 11.5 Å². The Morgan fingerprint density at radius 3 is 2.59 bits per heavy atom. The van der Waals surface area contributed by atoms with Crippen molar-refractivity contribution < 1.29 is 9.90 Å². The smallest absolute Gasteiger partial charge is 0.171 e. The molecule has 1 unspecified atom stereocenters. The lowest BCUT2D eigenvalue weighted by Crippen LogP contribution is -2.38. The number of carbonyl (C=O) groups excluding carboxylic acids is 1. The molecule has 0 bridgehead atoms. The number of carbonyl (C=O) groups is 1. The number of allylic oxidation sites excluding steroid dienone is 2. The van der Waals surface area contributed by atoms with Crippen LogP contribution >= 0.6 is 0 Å². The second-order valence-corrected chi connectivity index (χ2v) is 3.90. The van der Waals surface area contributed by atoms with Gasteiger partial charge in [0.1, 0.15) is 0 Å². The van der Waals surface area contributed by atoms with E-state index in [0.29, 0.717) is 5.57 Å². The average Bonchev–Trinajstić information content (AvgIpc) is 2.33. The van der Waals surface area contributed by atoms with Crippen LogP contribution < -0.4 is 10.6 Å². The SMILES string of the molecule is CC(=O)C1=CN(c2ccccc2)C(O)C(N)=C1. The van der Waals surface area contributed by atoms with Gasteiger partial charge in [-0.1, -0.05) is 18.2 Å². The van der Waals surface area contributed by atoms with E-state index in [4.69, 9.17) is 5.73 Å². The highest BCUT2D eigenvalue weighted by Gasteiger charge is 2.22. The van der Waals surface area contributed by atoms with Crippen LogP contribution in [-0.2, 0) is 4.79 Å². The molecule has 1 aromatic carbocycles. The third-order valence-corrected chi connectivity index (χ3v) is 2.62. The number of para-hydroxylation sites is 1. The molecular formula is C13H14N2O2. The number of aliphatic hydroxyl groups excluding tert-OH is 1. The lowest BCUT2D eigenvalue weighted by Gasteiger charge is -2.30. The summed E-state index contributed by atoms with van der Waals surface area (Å²) in [6.07, 6.45) is 2.19. The van der Waals surface area contributed by atoms with Gasteiger partial charge in [-0.2, -0.15) is 0 Å². The molecule has 1 heterocycles. The first-order valence-corrected chi connectivity index (χ1v) is 5.31. The van der Waals surface area contributed by atoms with E-state index < -0.39 is 6.23 Å². The maximum absolute atomic E-state index is 11.4. The zero-order valence-electron chi connectivity index (χ0n) is 9.50. The van der Waals surface area contributed by atoms with E-state index in [1.165, 1.54) is 13.0 Å². The fraction of sp³-hybridized carbons (Fsp3) is 0.154. The number of nitrogens with two attached hydrogens (primary N) is 1. The number of nitrogens with zero attached hydrogens (tertiary/aromatic N) is 1. The summed E-state index contributed by atoms with van der Waals surface area (Å²) in [7, 11) is 0. The number of rotatable bonds is 2. The highest BCUT2D eigenvalue weighted by molar-refractivity contribution is 5.97. The lowest BCUT2D eigenvalue weighted by molar-refractivity contribution is -0.113. The van der Waals surface area contributed by atoms with Crippen LogP contribution in [-0.4, -0.2) is 17.1 Å². The Bertz CT molecular complexity index is 491. The van der Waals surface area contributed by atoms with Crippen molar-refractivity contribution in [3.05, 3.63) is 53.9 Å². The van der Waals surface area contributed by atoms with Gasteiger partial charge in [-0.05, 0) is 25.1 Å². The molecule has 1 aromatic rings. The molecule has 1 aliphatic rings. The Balaban J connectivity index is 2.41. The first-order valence-electron chi connectivity index (χ1n) is 5.31. The number of hydrogen-bond donors (Lipinski definition) is 2. The molecular weight excluding hydrogens is 216 g/mol. The van der Waals surface area contributed by atoms with E-state index in [1.54, 1.807) is 11.1 Å². The van der Waals surface area contributed by atoms with Crippen LogP contribution in [0, 0.1) is 0 Å². The summed E-state index contributed by atoms with van der Waals surface area (Å²) in [6.45, 7) is 1.47. The van der Waals surface area contributed by atoms with Crippen molar-refractivity contribution in [1.29, 1.82) is 0 Å². The predicted octanol–water partition coefficient (Wildman–Crippen LogP) is 1.14. The summed E-state index contributed by atoms with van der Waals surface area (Å²) in [6, 6.07) is 9.29. The van der Waals surface area contributed by atoms with Gasteiger partial charge in [0.15, 0.2) is 12.0 Å². The molecule has 4 nitrogen and oxygen atoms in total. The predicted molar refractivity (Wildman–Crippen MR) is 66.0 cm³/mol. The number of hydrogen-bond acceptors (Lipinski definition) is 4. The molecule has 3 N–H and O–H groups in total. The standard InChI is InChI=1S/C13H14N2O2/c1-9(16)10-7-12(14)13(17)15(8-10)11-5-3-2-4-6-11/h2-8,13,17H,14H2,1H3. The third kappa shape index (κ3) is 2.21. The minimum atomic E-state index is -0.930. The number of anilines is 1. The van der Waals surface area contributed by atoms with Crippen molar-refractivity contribution in [2.75, 3.05) is 4.90 Å². The van der Waals surface area contributed by atoms with E-state index in [2.05, 4.69) is 0 Å². The molecule has 0 radical (unpaired) electrons. The zero-order valence-corrected chi connectivity index (χ0v) is 9.50. The van der Waals surface area contributed by atoms with Crippen LogP contribution in [0.1, 0.15) is 6.92 Å². The second-order valence-electron chi connectivity index (χ2n) is 3.90. The van der Waals surface area contributed by atoms with Gasteiger partial charge in [0.25, 0.3) is 0 Å². The Labute approximate surface area is 99.7 Å². The highest BCUT2D eigenvalue weighted by atomic mass is 16.3. The molecule has 0 amide bonds. The first-order chi connectivity index (χ1) is 8.09. The van der Waals surface area contributed by atoms with Crippen LogP contribution in [0.25, 0.3) is 0 Å². The Kier molecular flexibility index (Phi) is 2.97. The summed E-state index contributed by atoms with van der Waals surface area (Å²) in [5.74, 6) is -0.0826. The summed E-state index contributed by atoms with van der Waals surface area (Å²) in [5, 5.41) is 9.97. The van der Waals surface area contributed by atoms with Crippen LogP contribution in [0.5, 0.6) is 0 Å². The van der Waals surface area contributed by atoms with Gasteiger partial charge in [-0.25, -0.2) is 0 Å². The summed E-state index contributed by atoms with van der Waals surface area (Å²) < 4.78 is 0. The number of benzene rings is 1. The fourth-order valence-electron chi connectivity index (χ4n) is 1.68. The van der Waals surface area contributed by atoms with Crippen LogP contribution in [0.2, 0.25) is 0 Å². The van der Waals surface area contributed by atoms with Crippen molar-refractivity contribution in [2.24, 2.45) is 5.73 Å². The summed E-state index contributed by atoms with van der Waals surface area (Å²) >= 11 is 0. The van der Waals surface area contributed by atoms with E-state index in [-0.39, 0.29) is 11.5 Å². The molecule has 17 heavy (non-hydrogen) atoms. The molecule has 0 aromatic heterocycles. The van der Waals surface area contributed by atoms with Crippen molar-refractivity contribution in [3.8, 4) is 0 Å². The minimum Gasteiger partial charge on any atom is -0.398 e. The molecule has 0 saturated heterocycles. The van der Waals surface area contributed by atoms with Crippen molar-refractivity contribution in [3.63, 3.8) is 0 Å². The van der Waals surface area contributed by atoms with Gasteiger partial charge >= 0.3 is 0 Å². The molecule has 2 rings (SSSR count). The van der Waals surface area contributed by atoms with Crippen LogP contribution in [0.3, 0.4) is 0 Å². The molecule has 0 saturated carbocycles. The number of Topliss-reactive ketones (excluding diaryl/α,β-unsaturated/α-hetero) is 1. The molecule has 1 aliphatic heterocycles. The van der Waals surface area contributed by atoms with Gasteiger partial charge in [-0.3, -0.25) is 4.79 Å². The largest absolute Gasteiger partial charge is 0.398 e. The van der Waals surface area contributed by atoms with Crippen molar-refractivity contribution in [1.82, 2.24) is 0 Å². The van der Waals surface area contributed by atoms with Gasteiger partial charge in [0, 0.05) is 17.5 Å². The monoisotopic (exact) mass is 230 g/mol. The minimum absolute atomic E-state index is 0.0826. The van der Waals surface area contributed by atoms with E-state index >= 15 is 0 Å².